The fraction of sp³-hybridized carbons (Fsp3) is 0.400. The van der Waals surface area contributed by atoms with Gasteiger partial charge in [0.2, 0.25) is 0 Å². The molecule has 1 aromatic rings. The molecule has 0 aliphatic rings. The third-order valence-corrected chi connectivity index (χ3v) is 2.41. The monoisotopic (exact) mass is 262 g/mol. The van der Waals surface area contributed by atoms with Crippen LogP contribution >= 0.6 is 0 Å². The van der Waals surface area contributed by atoms with Gasteiger partial charge in [0.05, 0.1) is 0 Å². The molecule has 17 heavy (non-hydrogen) atoms. The number of hydrogen-bond donors (Lipinski definition) is 3. The molecule has 1 rings (SSSR count). The zero-order valence-corrected chi connectivity index (χ0v) is 10.2. The maximum atomic E-state index is 11.1. The SMILES string of the molecule is CC(O)Oc1cccc(S(=O)O)c1OC(C)O. The largest absolute Gasteiger partial charge is 0.462 e. The van der Waals surface area contributed by atoms with Gasteiger partial charge in [-0.1, -0.05) is 6.07 Å². The van der Waals surface area contributed by atoms with E-state index in [-0.39, 0.29) is 16.4 Å². The number of aliphatic hydroxyl groups is 2. The summed E-state index contributed by atoms with van der Waals surface area (Å²) in [5.74, 6) is 0.0185. The van der Waals surface area contributed by atoms with Gasteiger partial charge in [-0.3, -0.25) is 0 Å². The van der Waals surface area contributed by atoms with Crippen LogP contribution < -0.4 is 9.47 Å². The predicted octanol–water partition coefficient (Wildman–Crippen LogP) is 0.701. The quantitative estimate of drug-likeness (QED) is 0.534. The molecule has 0 aromatic heterocycles. The van der Waals surface area contributed by atoms with E-state index in [0.717, 1.165) is 0 Å². The van der Waals surface area contributed by atoms with E-state index >= 15 is 0 Å². The summed E-state index contributed by atoms with van der Waals surface area (Å²) in [5, 5.41) is 18.3. The third-order valence-electron chi connectivity index (χ3n) is 1.72. The molecule has 7 heteroatoms. The number of benzene rings is 1. The lowest BCUT2D eigenvalue weighted by atomic mass is 10.3. The third kappa shape index (κ3) is 3.97. The maximum absolute atomic E-state index is 11.1. The van der Waals surface area contributed by atoms with E-state index in [1.54, 1.807) is 0 Å². The highest BCUT2D eigenvalue weighted by Gasteiger charge is 2.18. The minimum atomic E-state index is -2.28. The molecule has 0 bridgehead atoms. The Morgan fingerprint density at radius 3 is 2.24 bits per heavy atom. The van der Waals surface area contributed by atoms with Crippen LogP contribution in [0.3, 0.4) is 0 Å². The molecule has 0 radical (unpaired) electrons. The number of ether oxygens (including phenoxy) is 2. The first-order chi connectivity index (χ1) is 7.91. The summed E-state index contributed by atoms with van der Waals surface area (Å²) < 4.78 is 30.2. The topological polar surface area (TPSA) is 96.2 Å². The van der Waals surface area contributed by atoms with Crippen LogP contribution in [-0.4, -0.2) is 31.6 Å². The second kappa shape index (κ2) is 5.97. The van der Waals surface area contributed by atoms with Crippen molar-refractivity contribution in [1.29, 1.82) is 0 Å². The summed E-state index contributed by atoms with van der Waals surface area (Å²) >= 11 is -2.28. The van der Waals surface area contributed by atoms with Crippen LogP contribution in [0.1, 0.15) is 13.8 Å². The number of aliphatic hydroxyl groups excluding tert-OH is 2. The van der Waals surface area contributed by atoms with Crippen LogP contribution in [0.25, 0.3) is 0 Å². The Hall–Kier alpha value is -1.15. The Balaban J connectivity index is 3.18. The van der Waals surface area contributed by atoms with Crippen LogP contribution in [0.5, 0.6) is 11.5 Å². The molecule has 3 N–H and O–H groups in total. The first-order valence-electron chi connectivity index (χ1n) is 4.85. The van der Waals surface area contributed by atoms with Gasteiger partial charge in [-0.15, -0.1) is 0 Å². The lowest BCUT2D eigenvalue weighted by molar-refractivity contribution is -0.0227. The van der Waals surface area contributed by atoms with Crippen LogP contribution in [0.2, 0.25) is 0 Å². The second-order valence-electron chi connectivity index (χ2n) is 3.27. The molecule has 0 aliphatic carbocycles. The van der Waals surface area contributed by atoms with E-state index in [0.29, 0.717) is 0 Å². The van der Waals surface area contributed by atoms with Gasteiger partial charge in [-0.25, -0.2) is 4.21 Å². The van der Waals surface area contributed by atoms with E-state index in [2.05, 4.69) is 0 Å². The molecule has 3 unspecified atom stereocenters. The van der Waals surface area contributed by atoms with Crippen molar-refractivity contribution in [2.24, 2.45) is 0 Å². The molecule has 0 heterocycles. The van der Waals surface area contributed by atoms with Crippen molar-refractivity contribution < 1.29 is 28.4 Å². The van der Waals surface area contributed by atoms with Gasteiger partial charge in [0.1, 0.15) is 4.90 Å². The molecular formula is C10H14O6S. The highest BCUT2D eigenvalue weighted by molar-refractivity contribution is 7.79. The fourth-order valence-corrected chi connectivity index (χ4v) is 1.70. The van der Waals surface area contributed by atoms with Crippen LogP contribution in [0.15, 0.2) is 23.1 Å². The van der Waals surface area contributed by atoms with Crippen LogP contribution in [0, 0.1) is 0 Å². The van der Waals surface area contributed by atoms with Gasteiger partial charge in [0.25, 0.3) is 0 Å². The van der Waals surface area contributed by atoms with E-state index in [4.69, 9.17) is 24.2 Å². The van der Waals surface area contributed by atoms with Gasteiger partial charge < -0.3 is 24.2 Å². The van der Waals surface area contributed by atoms with Crippen molar-refractivity contribution in [3.05, 3.63) is 18.2 Å². The van der Waals surface area contributed by atoms with Crippen molar-refractivity contribution in [3.63, 3.8) is 0 Å². The Morgan fingerprint density at radius 2 is 1.76 bits per heavy atom. The maximum Gasteiger partial charge on any atom is 0.194 e. The molecule has 0 spiro atoms. The molecule has 3 atom stereocenters. The van der Waals surface area contributed by atoms with Crippen molar-refractivity contribution in [2.45, 2.75) is 31.3 Å². The number of hydrogen-bond acceptors (Lipinski definition) is 5. The Labute approximate surface area is 101 Å². The number of rotatable bonds is 5. The average molecular weight is 262 g/mol. The zero-order chi connectivity index (χ0) is 13.0. The van der Waals surface area contributed by atoms with Crippen molar-refractivity contribution in [3.8, 4) is 11.5 Å². The van der Waals surface area contributed by atoms with Crippen LogP contribution in [-0.2, 0) is 11.1 Å². The Bertz CT molecular complexity index is 404. The van der Waals surface area contributed by atoms with Gasteiger partial charge >= 0.3 is 0 Å². The number of para-hydroxylation sites is 1. The normalized spacial score (nSPS) is 16.1. The van der Waals surface area contributed by atoms with Gasteiger partial charge in [-0.05, 0) is 26.0 Å². The minimum Gasteiger partial charge on any atom is -0.462 e. The van der Waals surface area contributed by atoms with E-state index in [9.17, 15) is 4.21 Å². The summed E-state index contributed by atoms with van der Waals surface area (Å²) in [5.41, 5.74) is 0. The van der Waals surface area contributed by atoms with Crippen molar-refractivity contribution in [1.82, 2.24) is 0 Å². The first kappa shape index (κ1) is 13.9. The average Bonchev–Trinajstić information content (AvgIpc) is 2.18. The summed E-state index contributed by atoms with van der Waals surface area (Å²) in [6.45, 7) is 2.73. The zero-order valence-electron chi connectivity index (χ0n) is 9.36. The van der Waals surface area contributed by atoms with Gasteiger partial charge in [0.15, 0.2) is 35.2 Å². The summed E-state index contributed by atoms with van der Waals surface area (Å²) in [4.78, 5) is -0.0379. The van der Waals surface area contributed by atoms with Crippen LogP contribution in [0.4, 0.5) is 0 Å². The highest BCUT2D eigenvalue weighted by Crippen LogP contribution is 2.34. The molecule has 0 aliphatic heterocycles. The van der Waals surface area contributed by atoms with Crippen molar-refractivity contribution in [2.75, 3.05) is 0 Å². The second-order valence-corrected chi connectivity index (χ2v) is 4.21. The molecule has 0 saturated heterocycles. The van der Waals surface area contributed by atoms with E-state index < -0.39 is 23.7 Å². The summed E-state index contributed by atoms with van der Waals surface area (Å²) in [6, 6.07) is 4.31. The van der Waals surface area contributed by atoms with E-state index in [1.165, 1.54) is 32.0 Å². The van der Waals surface area contributed by atoms with Gasteiger partial charge in [0, 0.05) is 0 Å². The highest BCUT2D eigenvalue weighted by atomic mass is 32.2. The summed E-state index contributed by atoms with van der Waals surface area (Å²) in [6.07, 6.45) is -2.27. The van der Waals surface area contributed by atoms with Gasteiger partial charge in [-0.2, -0.15) is 0 Å². The molecule has 0 fully saturated rings. The fourth-order valence-electron chi connectivity index (χ4n) is 1.20. The van der Waals surface area contributed by atoms with E-state index in [1.807, 2.05) is 0 Å². The predicted molar refractivity (Wildman–Crippen MR) is 60.1 cm³/mol. The molecular weight excluding hydrogens is 248 g/mol. The molecule has 0 saturated carbocycles. The Morgan fingerprint density at radius 1 is 1.18 bits per heavy atom. The standard InChI is InChI=1S/C10H14O6S/c1-6(11)15-8-4-3-5-9(17(13)14)10(8)16-7(2)12/h3-7,11-12H,1-2H3,(H,13,14). The Kier molecular flexibility index (Phi) is 4.88. The summed E-state index contributed by atoms with van der Waals surface area (Å²) in [7, 11) is 0. The lowest BCUT2D eigenvalue weighted by Crippen LogP contribution is -2.15. The van der Waals surface area contributed by atoms with Crippen molar-refractivity contribution >= 4 is 11.1 Å². The first-order valence-corrected chi connectivity index (χ1v) is 5.95. The molecule has 96 valence electrons. The smallest absolute Gasteiger partial charge is 0.194 e. The molecule has 1 aromatic carbocycles. The molecule has 6 nitrogen and oxygen atoms in total. The molecule has 0 amide bonds. The lowest BCUT2D eigenvalue weighted by Gasteiger charge is -2.17. The minimum absolute atomic E-state index is 0.0379.